The van der Waals surface area contributed by atoms with Crippen LogP contribution >= 0.6 is 0 Å². The Labute approximate surface area is 294 Å². The summed E-state index contributed by atoms with van der Waals surface area (Å²) in [5.74, 6) is -0.219. The van der Waals surface area contributed by atoms with Crippen LogP contribution in [0.3, 0.4) is 0 Å². The first-order chi connectivity index (χ1) is 23.4. The molecule has 0 aromatic heterocycles. The Kier molecular flexibility index (Phi) is 13.1. The zero-order valence-corrected chi connectivity index (χ0v) is 30.6. The maximum absolute atomic E-state index is 13.7. The van der Waals surface area contributed by atoms with Gasteiger partial charge in [0.05, 0.1) is 72.7 Å². The molecule has 10 atom stereocenters. The van der Waals surface area contributed by atoms with Crippen molar-refractivity contribution >= 4 is 9.84 Å². The molecule has 10 heteroatoms. The molecule has 272 valence electrons. The van der Waals surface area contributed by atoms with E-state index in [0.29, 0.717) is 37.5 Å². The average molecular weight is 700 g/mol. The minimum absolute atomic E-state index is 0.00494. The summed E-state index contributed by atoms with van der Waals surface area (Å²) in [4.78, 5) is 0.304. The highest BCUT2D eigenvalue weighted by molar-refractivity contribution is 7.91. The lowest BCUT2D eigenvalue weighted by Crippen LogP contribution is -2.40. The predicted molar refractivity (Wildman–Crippen MR) is 191 cm³/mol. The fourth-order valence-corrected chi connectivity index (χ4v) is 9.48. The van der Waals surface area contributed by atoms with Crippen molar-refractivity contribution in [1.82, 2.24) is 5.32 Å². The van der Waals surface area contributed by atoms with E-state index in [1.54, 1.807) is 37.5 Å². The normalized spacial score (nSPS) is 35.0. The van der Waals surface area contributed by atoms with Gasteiger partial charge in [-0.25, -0.2) is 8.42 Å². The third kappa shape index (κ3) is 10.0. The van der Waals surface area contributed by atoms with Crippen molar-refractivity contribution in [2.45, 2.75) is 119 Å². The molecule has 4 fully saturated rings. The molecule has 0 saturated carbocycles. The highest BCUT2D eigenvalue weighted by Crippen LogP contribution is 2.41. The minimum Gasteiger partial charge on any atom is -0.378 e. The van der Waals surface area contributed by atoms with Crippen molar-refractivity contribution < 1.29 is 36.8 Å². The number of methoxy groups -OCH3 is 1. The maximum Gasteiger partial charge on any atom is 0.178 e. The van der Waals surface area contributed by atoms with Crippen molar-refractivity contribution in [2.75, 3.05) is 32.6 Å². The highest BCUT2D eigenvalue weighted by atomic mass is 32.2. The zero-order chi connectivity index (χ0) is 35.2. The molecule has 1 aromatic rings. The van der Waals surface area contributed by atoms with E-state index in [9.17, 15) is 8.42 Å². The summed E-state index contributed by atoms with van der Waals surface area (Å²) >= 11 is 0. The molecule has 4 aliphatic heterocycles. The Bertz CT molecular complexity index is 1410. The second-order valence-electron chi connectivity index (χ2n) is 14.6. The number of benzene rings is 1. The van der Waals surface area contributed by atoms with Crippen LogP contribution in [0.5, 0.6) is 0 Å². The second-order valence-corrected chi connectivity index (χ2v) is 16.6. The summed E-state index contributed by atoms with van der Waals surface area (Å²) in [6.45, 7) is 20.4. The quantitative estimate of drug-likeness (QED) is 0.165. The Morgan fingerprint density at radius 1 is 1.00 bits per heavy atom. The van der Waals surface area contributed by atoms with Crippen LogP contribution in [0.15, 0.2) is 84.3 Å². The van der Waals surface area contributed by atoms with Crippen molar-refractivity contribution in [3.8, 4) is 0 Å². The average Bonchev–Trinajstić information content (AvgIpc) is 3.71. The molecule has 4 saturated heterocycles. The van der Waals surface area contributed by atoms with Gasteiger partial charge in [0, 0.05) is 38.8 Å². The van der Waals surface area contributed by atoms with Crippen molar-refractivity contribution in [1.29, 1.82) is 0 Å². The first-order valence-corrected chi connectivity index (χ1v) is 19.5. The molecule has 0 spiro atoms. The summed E-state index contributed by atoms with van der Waals surface area (Å²) in [5.41, 5.74) is 1.71. The SMILES string of the molecule is C=CCOC/C=C/[C@H]1CC(=C)[C@H](CC[C@H]2C[C@@H](C)C(=C)[C@@H](C[C@@H]3O[C@H](C[C@H]4CNC(C)(C)O4)[C@H](OC)[C@H]3CS(=O)(=O)c3ccccc3)O2)O1. The Balaban J connectivity index is 1.25. The summed E-state index contributed by atoms with van der Waals surface area (Å²) in [6.07, 6.45) is 8.77. The van der Waals surface area contributed by atoms with Crippen LogP contribution in [0.25, 0.3) is 0 Å². The lowest BCUT2D eigenvalue weighted by atomic mass is 9.83. The first kappa shape index (κ1) is 38.1. The second kappa shape index (κ2) is 16.9. The molecule has 49 heavy (non-hydrogen) atoms. The van der Waals surface area contributed by atoms with Crippen LogP contribution < -0.4 is 5.32 Å². The van der Waals surface area contributed by atoms with E-state index in [2.05, 4.69) is 38.1 Å². The van der Waals surface area contributed by atoms with Gasteiger partial charge >= 0.3 is 0 Å². The van der Waals surface area contributed by atoms with Gasteiger partial charge in [-0.05, 0) is 62.3 Å². The van der Waals surface area contributed by atoms with Crippen molar-refractivity contribution in [2.24, 2.45) is 11.8 Å². The van der Waals surface area contributed by atoms with Crippen molar-refractivity contribution in [3.63, 3.8) is 0 Å². The molecule has 5 rings (SSSR count). The van der Waals surface area contributed by atoms with E-state index in [1.807, 2.05) is 26.0 Å². The summed E-state index contributed by atoms with van der Waals surface area (Å²) in [5, 5.41) is 3.40. The first-order valence-electron chi connectivity index (χ1n) is 17.8. The van der Waals surface area contributed by atoms with Crippen LogP contribution in [-0.4, -0.2) is 95.6 Å². The number of nitrogens with one attached hydrogen (secondary N) is 1. The van der Waals surface area contributed by atoms with E-state index >= 15 is 0 Å². The molecule has 4 heterocycles. The van der Waals surface area contributed by atoms with E-state index in [0.717, 1.165) is 36.8 Å². The van der Waals surface area contributed by atoms with Gasteiger partial charge in [-0.2, -0.15) is 0 Å². The highest BCUT2D eigenvalue weighted by Gasteiger charge is 2.50. The van der Waals surface area contributed by atoms with Crippen LogP contribution in [-0.2, 0) is 38.3 Å². The lowest BCUT2D eigenvalue weighted by molar-refractivity contribution is -0.0855. The number of sulfone groups is 1. The van der Waals surface area contributed by atoms with Gasteiger partial charge in [0.25, 0.3) is 0 Å². The number of hydrogen-bond donors (Lipinski definition) is 1. The van der Waals surface area contributed by atoms with Gasteiger partial charge in [0.15, 0.2) is 9.84 Å². The van der Waals surface area contributed by atoms with Gasteiger partial charge < -0.3 is 28.4 Å². The van der Waals surface area contributed by atoms with E-state index in [4.69, 9.17) is 28.4 Å². The van der Waals surface area contributed by atoms with Crippen LogP contribution in [0, 0.1) is 11.8 Å². The van der Waals surface area contributed by atoms with Gasteiger partial charge in [0.2, 0.25) is 0 Å². The fraction of sp³-hybridized carbons (Fsp3) is 0.641. The molecule has 0 aliphatic carbocycles. The molecule has 0 bridgehead atoms. The Hall–Kier alpha value is -2.15. The van der Waals surface area contributed by atoms with Gasteiger partial charge in [-0.15, -0.1) is 6.58 Å². The Morgan fingerprint density at radius 3 is 2.47 bits per heavy atom. The molecular weight excluding hydrogens is 642 g/mol. The van der Waals surface area contributed by atoms with Crippen LogP contribution in [0.2, 0.25) is 0 Å². The predicted octanol–water partition coefficient (Wildman–Crippen LogP) is 5.97. The monoisotopic (exact) mass is 699 g/mol. The zero-order valence-electron chi connectivity index (χ0n) is 29.8. The number of ether oxygens (including phenoxy) is 6. The van der Waals surface area contributed by atoms with Crippen LogP contribution in [0.1, 0.15) is 59.3 Å². The third-order valence-corrected chi connectivity index (χ3v) is 12.2. The topological polar surface area (TPSA) is 102 Å². The summed E-state index contributed by atoms with van der Waals surface area (Å²) < 4.78 is 65.0. The number of hydrogen-bond acceptors (Lipinski definition) is 9. The Morgan fingerprint density at radius 2 is 1.78 bits per heavy atom. The molecular formula is C39H57NO8S. The summed E-state index contributed by atoms with van der Waals surface area (Å²) in [7, 11) is -1.96. The molecule has 4 aliphatic rings. The van der Waals surface area contributed by atoms with Gasteiger partial charge in [-0.3, -0.25) is 5.32 Å². The number of rotatable bonds is 16. The minimum atomic E-state index is -3.61. The molecule has 9 nitrogen and oxygen atoms in total. The van der Waals surface area contributed by atoms with Crippen molar-refractivity contribution in [3.05, 3.63) is 79.4 Å². The largest absolute Gasteiger partial charge is 0.378 e. The van der Waals surface area contributed by atoms with E-state index in [1.165, 1.54) is 0 Å². The molecule has 0 radical (unpaired) electrons. The summed E-state index contributed by atoms with van der Waals surface area (Å²) in [6, 6.07) is 8.63. The molecule has 0 unspecified atom stereocenters. The lowest BCUT2D eigenvalue weighted by Gasteiger charge is -2.38. The smallest absolute Gasteiger partial charge is 0.178 e. The maximum atomic E-state index is 13.7. The molecule has 0 amide bonds. The van der Waals surface area contributed by atoms with Gasteiger partial charge in [0.1, 0.15) is 5.72 Å². The van der Waals surface area contributed by atoms with E-state index < -0.39 is 33.7 Å². The van der Waals surface area contributed by atoms with Crippen LogP contribution in [0.4, 0.5) is 0 Å². The molecule has 1 aromatic carbocycles. The third-order valence-electron chi connectivity index (χ3n) is 10.4. The van der Waals surface area contributed by atoms with E-state index in [-0.39, 0.29) is 48.3 Å². The van der Waals surface area contributed by atoms with Gasteiger partial charge in [-0.1, -0.05) is 56.5 Å². The fourth-order valence-electron chi connectivity index (χ4n) is 7.80. The molecule has 1 N–H and O–H groups in total. The standard InChI is InChI=1S/C39H57NO8S/c1-8-18-44-19-12-13-29-21-27(3)34(45-29)17-16-30-20-26(2)28(4)35(46-30)23-36-33(25-49(41,42)32-14-10-9-11-15-32)38(43-7)37(47-36)22-31-24-40-39(5,6)48-31/h8-15,26,29-31,33-38,40H,1,3-4,16-25H2,2,5-7H3/b13-12+/t26-,29+,30+,31+,33+,34+,35-,36+,37-,38-/m1/s1.